The molecule has 5 aliphatic carbocycles. The number of allylic oxidation sites excluding steroid dienone is 3. The average molecular weight is 299 g/mol. The lowest BCUT2D eigenvalue weighted by Gasteiger charge is -2.44. The van der Waals surface area contributed by atoms with Crippen LogP contribution in [0.25, 0.3) is 0 Å². The minimum atomic E-state index is 0.0339. The van der Waals surface area contributed by atoms with E-state index in [-0.39, 0.29) is 5.91 Å². The summed E-state index contributed by atoms with van der Waals surface area (Å²) in [6, 6.07) is 0. The highest BCUT2D eigenvalue weighted by Gasteiger charge is 2.61. The molecule has 0 aliphatic heterocycles. The van der Waals surface area contributed by atoms with Gasteiger partial charge >= 0.3 is 0 Å². The van der Waals surface area contributed by atoms with Gasteiger partial charge in [-0.2, -0.15) is 0 Å². The first-order valence-electron chi connectivity index (χ1n) is 9.13. The molecule has 0 aromatic heterocycles. The van der Waals surface area contributed by atoms with Crippen LogP contribution in [0.2, 0.25) is 0 Å². The lowest BCUT2D eigenvalue weighted by molar-refractivity contribution is -0.118. The number of fused-ring (bicyclic) bond motifs is 3. The Kier molecular flexibility index (Phi) is 3.29. The van der Waals surface area contributed by atoms with E-state index in [4.69, 9.17) is 0 Å². The van der Waals surface area contributed by atoms with E-state index in [1.807, 2.05) is 0 Å². The van der Waals surface area contributed by atoms with Crippen LogP contribution in [0.4, 0.5) is 0 Å². The molecule has 2 heteroatoms. The topological polar surface area (TPSA) is 29.1 Å². The Morgan fingerprint density at radius 3 is 2.36 bits per heavy atom. The first-order valence-corrected chi connectivity index (χ1v) is 9.13. The van der Waals surface area contributed by atoms with Gasteiger partial charge in [-0.05, 0) is 66.6 Å². The molecule has 1 N–H and O–H groups in total. The molecule has 5 rings (SSSR count). The van der Waals surface area contributed by atoms with E-state index >= 15 is 0 Å². The highest BCUT2D eigenvalue weighted by molar-refractivity contribution is 5.74. The molecule has 1 amide bonds. The highest BCUT2D eigenvalue weighted by atomic mass is 16.1. The molecule has 3 fully saturated rings. The number of carbonyl (C=O) groups excluding carboxylic acids is 1. The third-order valence-corrected chi connectivity index (χ3v) is 7.64. The van der Waals surface area contributed by atoms with Gasteiger partial charge in [0.15, 0.2) is 0 Å². The molecule has 0 aromatic carbocycles. The van der Waals surface area contributed by atoms with Gasteiger partial charge in [-0.15, -0.1) is 0 Å². The fraction of sp³-hybridized carbons (Fsp3) is 0.750. The quantitative estimate of drug-likeness (QED) is 0.767. The molecule has 0 heterocycles. The van der Waals surface area contributed by atoms with Crippen LogP contribution in [0.3, 0.4) is 0 Å². The van der Waals surface area contributed by atoms with Crippen molar-refractivity contribution in [3.05, 3.63) is 24.4 Å². The number of carbonyl (C=O) groups is 1. The normalized spacial score (nSPS) is 51.5. The molecule has 2 nitrogen and oxygen atoms in total. The van der Waals surface area contributed by atoms with Crippen LogP contribution in [-0.2, 0) is 4.79 Å². The third-order valence-electron chi connectivity index (χ3n) is 7.64. The molecule has 9 atom stereocenters. The van der Waals surface area contributed by atoms with E-state index in [2.05, 4.69) is 37.9 Å². The van der Waals surface area contributed by atoms with Crippen molar-refractivity contribution in [1.29, 1.82) is 0 Å². The Hall–Kier alpha value is -1.05. The lowest BCUT2D eigenvalue weighted by atomic mass is 9.61. The minimum absolute atomic E-state index is 0.0339. The first kappa shape index (κ1) is 14.5. The molecule has 8 unspecified atom stereocenters. The number of nitrogens with one attached hydrogen (secondary N) is 1. The zero-order valence-electron chi connectivity index (χ0n) is 14.1. The SMILES string of the molecule is C=C(NC(C)=O)C1C(C)C2CC1C1C3C=C[C@H](CC3)C(C)C21. The maximum absolute atomic E-state index is 11.5. The predicted molar refractivity (Wildman–Crippen MR) is 88.7 cm³/mol. The zero-order chi connectivity index (χ0) is 15.6. The smallest absolute Gasteiger partial charge is 0.220 e. The molecule has 22 heavy (non-hydrogen) atoms. The summed E-state index contributed by atoms with van der Waals surface area (Å²) in [7, 11) is 0. The second kappa shape index (κ2) is 4.97. The number of rotatable bonds is 2. The standard InChI is InChI=1S/C20H29NO/c1-10-14-5-7-15(8-6-14)20-17-9-16(19(10)20)11(2)18(17)12(3)21-13(4)22/h5,7,10-11,14-20H,3,6,8-9H2,1-2,4H3,(H,21,22)/t10?,11?,14-,15?,16?,17?,18?,19?,20?/m1/s1. The van der Waals surface area contributed by atoms with Crippen molar-refractivity contribution in [1.82, 2.24) is 5.32 Å². The molecule has 4 bridgehead atoms. The van der Waals surface area contributed by atoms with Crippen molar-refractivity contribution in [2.75, 3.05) is 0 Å². The van der Waals surface area contributed by atoms with Gasteiger partial charge in [0, 0.05) is 18.5 Å². The molecule has 0 aromatic rings. The maximum Gasteiger partial charge on any atom is 0.220 e. The first-order chi connectivity index (χ1) is 10.5. The fourth-order valence-electron chi connectivity index (χ4n) is 6.94. The summed E-state index contributed by atoms with van der Waals surface area (Å²) in [6.45, 7) is 10.8. The molecule has 0 saturated heterocycles. The van der Waals surface area contributed by atoms with Gasteiger partial charge in [-0.25, -0.2) is 0 Å². The zero-order valence-corrected chi connectivity index (χ0v) is 14.1. The molecular weight excluding hydrogens is 270 g/mol. The van der Waals surface area contributed by atoms with Crippen LogP contribution in [0.1, 0.15) is 40.0 Å². The van der Waals surface area contributed by atoms with Crippen molar-refractivity contribution in [3.63, 3.8) is 0 Å². The van der Waals surface area contributed by atoms with Crippen LogP contribution in [0.5, 0.6) is 0 Å². The van der Waals surface area contributed by atoms with E-state index in [0.717, 1.165) is 47.1 Å². The van der Waals surface area contributed by atoms with E-state index in [0.29, 0.717) is 11.8 Å². The van der Waals surface area contributed by atoms with Crippen LogP contribution < -0.4 is 5.32 Å². The van der Waals surface area contributed by atoms with E-state index in [1.165, 1.54) is 19.3 Å². The van der Waals surface area contributed by atoms with Crippen LogP contribution in [0, 0.1) is 53.3 Å². The summed E-state index contributed by atoms with van der Waals surface area (Å²) in [5, 5.41) is 3.01. The molecule has 120 valence electrons. The average Bonchev–Trinajstić information content (AvgIpc) is 2.93. The Labute approximate surface area is 134 Å². The highest BCUT2D eigenvalue weighted by Crippen LogP contribution is 2.66. The van der Waals surface area contributed by atoms with Crippen molar-refractivity contribution in [3.8, 4) is 0 Å². The van der Waals surface area contributed by atoms with Gasteiger partial charge in [0.05, 0.1) is 0 Å². The van der Waals surface area contributed by atoms with Crippen LogP contribution >= 0.6 is 0 Å². The van der Waals surface area contributed by atoms with E-state index in [1.54, 1.807) is 6.92 Å². The summed E-state index contributed by atoms with van der Waals surface area (Å²) in [5.41, 5.74) is 0.987. The molecule has 0 spiro atoms. The Bertz CT molecular complexity index is 536. The van der Waals surface area contributed by atoms with Gasteiger partial charge in [-0.3, -0.25) is 4.79 Å². The number of hydrogen-bond acceptors (Lipinski definition) is 1. The maximum atomic E-state index is 11.5. The predicted octanol–water partition coefficient (Wildman–Crippen LogP) is 4.00. The largest absolute Gasteiger partial charge is 0.330 e. The van der Waals surface area contributed by atoms with E-state index < -0.39 is 0 Å². The Balaban J connectivity index is 1.66. The molecule has 0 radical (unpaired) electrons. The van der Waals surface area contributed by atoms with Crippen molar-refractivity contribution >= 4 is 5.91 Å². The fourth-order valence-corrected chi connectivity index (χ4v) is 6.94. The summed E-state index contributed by atoms with van der Waals surface area (Å²) in [4.78, 5) is 11.5. The summed E-state index contributed by atoms with van der Waals surface area (Å²) < 4.78 is 0. The third kappa shape index (κ3) is 1.88. The molecule has 5 aliphatic rings. The Morgan fingerprint density at radius 1 is 1.05 bits per heavy atom. The van der Waals surface area contributed by atoms with Gasteiger partial charge in [0.25, 0.3) is 0 Å². The summed E-state index contributed by atoms with van der Waals surface area (Å²) in [6.07, 6.45) is 9.20. The van der Waals surface area contributed by atoms with Crippen LogP contribution in [0.15, 0.2) is 24.4 Å². The number of hydrogen-bond donors (Lipinski definition) is 1. The molecular formula is C20H29NO. The number of amides is 1. The second-order valence-corrected chi connectivity index (χ2v) is 8.46. The van der Waals surface area contributed by atoms with Gasteiger partial charge in [0.2, 0.25) is 5.91 Å². The lowest BCUT2D eigenvalue weighted by Crippen LogP contribution is -2.41. The summed E-state index contributed by atoms with van der Waals surface area (Å²) in [5.74, 6) is 6.92. The van der Waals surface area contributed by atoms with Gasteiger partial charge in [0.1, 0.15) is 0 Å². The Morgan fingerprint density at radius 2 is 1.73 bits per heavy atom. The van der Waals surface area contributed by atoms with Crippen molar-refractivity contribution in [2.45, 2.75) is 40.0 Å². The van der Waals surface area contributed by atoms with E-state index in [9.17, 15) is 4.79 Å². The van der Waals surface area contributed by atoms with Gasteiger partial charge in [-0.1, -0.05) is 32.6 Å². The monoisotopic (exact) mass is 299 g/mol. The minimum Gasteiger partial charge on any atom is -0.330 e. The second-order valence-electron chi connectivity index (χ2n) is 8.46. The van der Waals surface area contributed by atoms with Crippen molar-refractivity contribution < 1.29 is 4.79 Å². The van der Waals surface area contributed by atoms with Gasteiger partial charge < -0.3 is 5.32 Å². The van der Waals surface area contributed by atoms with Crippen molar-refractivity contribution in [2.24, 2.45) is 53.3 Å². The summed E-state index contributed by atoms with van der Waals surface area (Å²) >= 11 is 0. The van der Waals surface area contributed by atoms with Crippen LogP contribution in [-0.4, -0.2) is 5.91 Å². The molecule has 3 saturated carbocycles.